The molecule has 4 rings (SSSR count). The fourth-order valence-electron chi connectivity index (χ4n) is 4.56. The maximum Gasteiger partial charge on any atom is 0.222 e. The van der Waals surface area contributed by atoms with Crippen LogP contribution < -0.4 is 10.2 Å². The van der Waals surface area contributed by atoms with Crippen LogP contribution in [0.4, 0.5) is 11.6 Å². The quantitative estimate of drug-likeness (QED) is 0.722. The maximum atomic E-state index is 12.6. The second-order valence-electron chi connectivity index (χ2n) is 8.93. The molecule has 3 fully saturated rings. The van der Waals surface area contributed by atoms with Gasteiger partial charge in [0.05, 0.1) is 0 Å². The first-order valence-corrected chi connectivity index (χ1v) is 11.3. The molecule has 29 heavy (non-hydrogen) atoms. The second kappa shape index (κ2) is 9.74. The van der Waals surface area contributed by atoms with Crippen molar-refractivity contribution >= 4 is 17.5 Å². The molecule has 1 aliphatic carbocycles. The van der Waals surface area contributed by atoms with E-state index in [4.69, 9.17) is 4.74 Å². The number of hydrogen-bond acceptors (Lipinski definition) is 6. The van der Waals surface area contributed by atoms with Crippen LogP contribution in [-0.2, 0) is 9.53 Å². The standard InChI is InChI=1S/C22H35N5O2/c1-29-15-18-8-12-27(13-9-18)22(28)5-2-17-6-10-26(11-7-17)21-14-20(23-16-24-21)25-19-3-4-19/h14,16-19H,2-13,15H2,1H3,(H,23,24,25). The summed E-state index contributed by atoms with van der Waals surface area (Å²) >= 11 is 0. The first-order valence-electron chi connectivity index (χ1n) is 11.3. The van der Waals surface area contributed by atoms with Crippen LogP contribution in [0.15, 0.2) is 12.4 Å². The van der Waals surface area contributed by atoms with Crippen LogP contribution in [0.3, 0.4) is 0 Å². The number of rotatable bonds is 8. The van der Waals surface area contributed by atoms with Crippen molar-refractivity contribution in [2.75, 3.05) is 50.1 Å². The lowest BCUT2D eigenvalue weighted by Crippen LogP contribution is -2.40. The van der Waals surface area contributed by atoms with E-state index in [0.717, 1.165) is 76.5 Å². The molecule has 160 valence electrons. The number of piperidine rings is 2. The Hall–Kier alpha value is -1.89. The molecule has 3 aliphatic rings. The summed E-state index contributed by atoms with van der Waals surface area (Å²) in [4.78, 5) is 25.8. The van der Waals surface area contributed by atoms with Crippen molar-refractivity contribution < 1.29 is 9.53 Å². The van der Waals surface area contributed by atoms with Gasteiger partial charge in [0.1, 0.15) is 18.0 Å². The molecule has 0 spiro atoms. The SMILES string of the molecule is COCC1CCN(C(=O)CCC2CCN(c3cc(NC4CC4)ncn3)CC2)CC1. The Bertz CT molecular complexity index is 665. The van der Waals surface area contributed by atoms with Gasteiger partial charge in [-0.25, -0.2) is 9.97 Å². The van der Waals surface area contributed by atoms with Crippen LogP contribution in [0.25, 0.3) is 0 Å². The zero-order valence-corrected chi connectivity index (χ0v) is 17.7. The van der Waals surface area contributed by atoms with Crippen molar-refractivity contribution in [3.8, 4) is 0 Å². The van der Waals surface area contributed by atoms with E-state index in [-0.39, 0.29) is 0 Å². The number of nitrogens with one attached hydrogen (secondary N) is 1. The molecule has 2 aliphatic heterocycles. The summed E-state index contributed by atoms with van der Waals surface area (Å²) in [6.07, 6.45) is 10.3. The Balaban J connectivity index is 1.17. The third kappa shape index (κ3) is 5.81. The number of hydrogen-bond donors (Lipinski definition) is 1. The Morgan fingerprint density at radius 1 is 1.07 bits per heavy atom. The van der Waals surface area contributed by atoms with Gasteiger partial charge in [0.2, 0.25) is 5.91 Å². The van der Waals surface area contributed by atoms with Crippen LogP contribution in [0.5, 0.6) is 0 Å². The van der Waals surface area contributed by atoms with Crippen molar-refractivity contribution in [1.29, 1.82) is 0 Å². The Morgan fingerprint density at radius 3 is 2.48 bits per heavy atom. The van der Waals surface area contributed by atoms with Gasteiger partial charge in [-0.15, -0.1) is 0 Å². The Kier molecular flexibility index (Phi) is 6.85. The van der Waals surface area contributed by atoms with Crippen molar-refractivity contribution in [3.05, 3.63) is 12.4 Å². The first kappa shape index (κ1) is 20.4. The van der Waals surface area contributed by atoms with Gasteiger partial charge in [-0.1, -0.05) is 0 Å². The fourth-order valence-corrected chi connectivity index (χ4v) is 4.56. The molecule has 1 N–H and O–H groups in total. The highest BCUT2D eigenvalue weighted by Gasteiger charge is 2.26. The van der Waals surface area contributed by atoms with Crippen molar-refractivity contribution in [3.63, 3.8) is 0 Å². The van der Waals surface area contributed by atoms with Crippen molar-refractivity contribution in [1.82, 2.24) is 14.9 Å². The molecule has 7 nitrogen and oxygen atoms in total. The predicted molar refractivity (Wildman–Crippen MR) is 114 cm³/mol. The highest BCUT2D eigenvalue weighted by atomic mass is 16.5. The average Bonchev–Trinajstić information content (AvgIpc) is 3.57. The average molecular weight is 402 g/mol. The second-order valence-corrected chi connectivity index (χ2v) is 8.93. The molecule has 1 aromatic rings. The summed E-state index contributed by atoms with van der Waals surface area (Å²) in [5.74, 6) is 3.58. The number of ether oxygens (including phenoxy) is 1. The largest absolute Gasteiger partial charge is 0.384 e. The lowest BCUT2D eigenvalue weighted by Gasteiger charge is -2.34. The predicted octanol–water partition coefficient (Wildman–Crippen LogP) is 2.93. The third-order valence-electron chi connectivity index (χ3n) is 6.66. The van der Waals surface area contributed by atoms with Gasteiger partial charge >= 0.3 is 0 Å². The lowest BCUT2D eigenvalue weighted by atomic mass is 9.91. The molecule has 1 aromatic heterocycles. The molecule has 1 amide bonds. The van der Waals surface area contributed by atoms with E-state index in [1.807, 2.05) is 0 Å². The smallest absolute Gasteiger partial charge is 0.222 e. The lowest BCUT2D eigenvalue weighted by molar-refractivity contribution is -0.133. The van der Waals surface area contributed by atoms with Gasteiger partial charge in [-0.2, -0.15) is 0 Å². The summed E-state index contributed by atoms with van der Waals surface area (Å²) in [5.41, 5.74) is 0. The molecule has 0 radical (unpaired) electrons. The normalized spacial score (nSPS) is 21.4. The molecule has 0 aromatic carbocycles. The van der Waals surface area contributed by atoms with Gasteiger partial charge in [0, 0.05) is 58.4 Å². The topological polar surface area (TPSA) is 70.6 Å². The molecular formula is C22H35N5O2. The zero-order valence-electron chi connectivity index (χ0n) is 17.7. The molecular weight excluding hydrogens is 366 g/mol. The van der Waals surface area contributed by atoms with Crippen LogP contribution in [-0.4, -0.2) is 66.7 Å². The van der Waals surface area contributed by atoms with Crippen LogP contribution in [0.1, 0.15) is 51.4 Å². The minimum absolute atomic E-state index is 0.342. The van der Waals surface area contributed by atoms with E-state index in [0.29, 0.717) is 30.2 Å². The molecule has 2 saturated heterocycles. The minimum atomic E-state index is 0.342. The van der Waals surface area contributed by atoms with E-state index in [9.17, 15) is 4.79 Å². The van der Waals surface area contributed by atoms with E-state index in [2.05, 4.69) is 31.2 Å². The molecule has 7 heteroatoms. The van der Waals surface area contributed by atoms with Crippen LogP contribution >= 0.6 is 0 Å². The number of amides is 1. The first-order chi connectivity index (χ1) is 14.2. The van der Waals surface area contributed by atoms with Crippen molar-refractivity contribution in [2.24, 2.45) is 11.8 Å². The van der Waals surface area contributed by atoms with Gasteiger partial charge in [0.15, 0.2) is 0 Å². The fraction of sp³-hybridized carbons (Fsp3) is 0.773. The maximum absolute atomic E-state index is 12.6. The Labute approximate surface area is 174 Å². The monoisotopic (exact) mass is 401 g/mol. The van der Waals surface area contributed by atoms with Gasteiger partial charge < -0.3 is 19.9 Å². The number of carbonyl (C=O) groups is 1. The van der Waals surface area contributed by atoms with Crippen molar-refractivity contribution in [2.45, 2.75) is 57.4 Å². The summed E-state index contributed by atoms with van der Waals surface area (Å²) < 4.78 is 5.25. The third-order valence-corrected chi connectivity index (χ3v) is 6.66. The van der Waals surface area contributed by atoms with E-state index in [1.165, 1.54) is 12.8 Å². The van der Waals surface area contributed by atoms with E-state index in [1.54, 1.807) is 13.4 Å². The van der Waals surface area contributed by atoms with E-state index >= 15 is 0 Å². The van der Waals surface area contributed by atoms with Crippen LogP contribution in [0, 0.1) is 11.8 Å². The molecule has 3 heterocycles. The van der Waals surface area contributed by atoms with Gasteiger partial charge in [-0.05, 0) is 56.8 Å². The number of likely N-dealkylation sites (tertiary alicyclic amines) is 1. The Morgan fingerprint density at radius 2 is 1.79 bits per heavy atom. The van der Waals surface area contributed by atoms with Crippen LogP contribution in [0.2, 0.25) is 0 Å². The molecule has 0 atom stereocenters. The van der Waals surface area contributed by atoms with Gasteiger partial charge in [-0.3, -0.25) is 4.79 Å². The number of methoxy groups -OCH3 is 1. The number of carbonyl (C=O) groups excluding carboxylic acids is 1. The summed E-state index contributed by atoms with van der Waals surface area (Å²) in [7, 11) is 1.76. The zero-order chi connectivity index (χ0) is 20.1. The minimum Gasteiger partial charge on any atom is -0.384 e. The van der Waals surface area contributed by atoms with Gasteiger partial charge in [0.25, 0.3) is 0 Å². The summed E-state index contributed by atoms with van der Waals surface area (Å²) in [6, 6.07) is 2.68. The number of nitrogens with zero attached hydrogens (tertiary/aromatic N) is 4. The summed E-state index contributed by atoms with van der Waals surface area (Å²) in [6.45, 7) is 4.65. The highest BCUT2D eigenvalue weighted by molar-refractivity contribution is 5.76. The molecule has 0 unspecified atom stereocenters. The number of anilines is 2. The summed E-state index contributed by atoms with van der Waals surface area (Å²) in [5, 5.41) is 3.45. The molecule has 0 bridgehead atoms. The highest BCUT2D eigenvalue weighted by Crippen LogP contribution is 2.28. The molecule has 1 saturated carbocycles. The van der Waals surface area contributed by atoms with E-state index < -0.39 is 0 Å². The number of aromatic nitrogens is 2.